The van der Waals surface area contributed by atoms with E-state index in [-0.39, 0.29) is 13.2 Å². The van der Waals surface area contributed by atoms with Gasteiger partial charge in [-0.15, -0.1) is 0 Å². The molecule has 2 aliphatic rings. The Morgan fingerprint density at radius 1 is 1.24 bits per heavy atom. The lowest BCUT2D eigenvalue weighted by molar-refractivity contribution is -0.143. The highest BCUT2D eigenvalue weighted by Gasteiger charge is 2.72. The molecule has 1 heterocycles. The average molecular weight is 298 g/mol. The van der Waals surface area contributed by atoms with Crippen molar-refractivity contribution in [2.24, 2.45) is 11.8 Å². The molecule has 1 saturated carbocycles. The third kappa shape index (κ3) is 3.10. The van der Waals surface area contributed by atoms with Crippen molar-refractivity contribution >= 4 is 0 Å². The second-order valence-electron chi connectivity index (χ2n) is 6.17. The van der Waals surface area contributed by atoms with E-state index in [1.54, 1.807) is 13.8 Å². The first-order valence-corrected chi connectivity index (χ1v) is 7.21. The van der Waals surface area contributed by atoms with Crippen molar-refractivity contribution in [2.75, 3.05) is 13.2 Å². The van der Waals surface area contributed by atoms with Crippen LogP contribution in [-0.2, 0) is 20.8 Å². The minimum atomic E-state index is -2.72. The Morgan fingerprint density at radius 3 is 2.57 bits per heavy atom. The molecule has 3 unspecified atom stereocenters. The molecule has 1 aromatic carbocycles. The summed E-state index contributed by atoms with van der Waals surface area (Å²) in [5, 5.41) is 0. The zero-order chi connectivity index (χ0) is 15.1. The van der Waals surface area contributed by atoms with E-state index in [1.807, 2.05) is 30.3 Å². The van der Waals surface area contributed by atoms with Crippen molar-refractivity contribution in [3.63, 3.8) is 0 Å². The predicted octanol–water partition coefficient (Wildman–Crippen LogP) is 3.24. The van der Waals surface area contributed by atoms with E-state index in [9.17, 15) is 8.78 Å². The average Bonchev–Trinajstić information content (AvgIpc) is 2.78. The molecule has 21 heavy (non-hydrogen) atoms. The van der Waals surface area contributed by atoms with Crippen LogP contribution in [0.15, 0.2) is 30.3 Å². The molecule has 0 spiro atoms. The van der Waals surface area contributed by atoms with E-state index in [0.717, 1.165) is 5.56 Å². The number of benzene rings is 1. The Bertz CT molecular complexity index is 490. The van der Waals surface area contributed by atoms with Crippen molar-refractivity contribution in [1.82, 2.24) is 0 Å². The second-order valence-corrected chi connectivity index (χ2v) is 6.17. The van der Waals surface area contributed by atoms with E-state index in [2.05, 4.69) is 0 Å². The number of hydrogen-bond donors (Lipinski definition) is 0. The van der Waals surface area contributed by atoms with Crippen LogP contribution in [0.4, 0.5) is 8.78 Å². The summed E-state index contributed by atoms with van der Waals surface area (Å²) >= 11 is 0. The number of hydrogen-bond acceptors (Lipinski definition) is 3. The summed E-state index contributed by atoms with van der Waals surface area (Å²) < 4.78 is 44.1. The summed E-state index contributed by atoms with van der Waals surface area (Å²) in [6, 6.07) is 9.55. The highest BCUT2D eigenvalue weighted by atomic mass is 19.3. The highest BCUT2D eigenvalue weighted by molar-refractivity contribution is 5.14. The van der Waals surface area contributed by atoms with Crippen molar-refractivity contribution in [2.45, 2.75) is 38.3 Å². The quantitative estimate of drug-likeness (QED) is 0.835. The minimum Gasteiger partial charge on any atom is -0.376 e. The van der Waals surface area contributed by atoms with E-state index < -0.39 is 29.6 Å². The highest BCUT2D eigenvalue weighted by Crippen LogP contribution is 2.59. The number of alkyl halides is 2. The maximum atomic E-state index is 13.9. The molecular weight excluding hydrogens is 278 g/mol. The lowest BCUT2D eigenvalue weighted by Gasteiger charge is -2.16. The van der Waals surface area contributed by atoms with Gasteiger partial charge in [-0.1, -0.05) is 30.3 Å². The molecule has 3 nitrogen and oxygen atoms in total. The summed E-state index contributed by atoms with van der Waals surface area (Å²) in [6.07, 6.45) is -0.541. The van der Waals surface area contributed by atoms with Crippen LogP contribution in [0, 0.1) is 11.8 Å². The lowest BCUT2D eigenvalue weighted by Crippen LogP contribution is -2.23. The van der Waals surface area contributed by atoms with Crippen LogP contribution in [0.3, 0.4) is 0 Å². The third-order valence-corrected chi connectivity index (χ3v) is 4.10. The summed E-state index contributed by atoms with van der Waals surface area (Å²) in [6.45, 7) is 4.12. The van der Waals surface area contributed by atoms with Gasteiger partial charge in [0.05, 0.1) is 37.8 Å². The van der Waals surface area contributed by atoms with Gasteiger partial charge >= 0.3 is 0 Å². The van der Waals surface area contributed by atoms with Crippen LogP contribution >= 0.6 is 0 Å². The molecule has 0 bridgehead atoms. The van der Waals surface area contributed by atoms with Crippen molar-refractivity contribution in [3.8, 4) is 0 Å². The number of rotatable bonds is 5. The van der Waals surface area contributed by atoms with Crippen LogP contribution in [0.2, 0.25) is 0 Å². The smallest absolute Gasteiger partial charge is 0.259 e. The SMILES string of the molecule is CC1(C)OCC(C2C(COCc3ccccc3)C2(F)F)O1. The van der Waals surface area contributed by atoms with Gasteiger partial charge in [-0.2, -0.15) is 0 Å². The third-order valence-electron chi connectivity index (χ3n) is 4.10. The van der Waals surface area contributed by atoms with Gasteiger partial charge in [0.2, 0.25) is 0 Å². The first-order chi connectivity index (χ1) is 9.90. The summed E-state index contributed by atoms with van der Waals surface area (Å²) in [5.74, 6) is -5.05. The summed E-state index contributed by atoms with van der Waals surface area (Å²) in [4.78, 5) is 0. The first-order valence-electron chi connectivity index (χ1n) is 7.21. The van der Waals surface area contributed by atoms with Gasteiger partial charge in [-0.05, 0) is 19.4 Å². The van der Waals surface area contributed by atoms with Crippen LogP contribution in [0.1, 0.15) is 19.4 Å². The van der Waals surface area contributed by atoms with Crippen LogP contribution in [0.5, 0.6) is 0 Å². The van der Waals surface area contributed by atoms with Crippen LogP contribution in [0.25, 0.3) is 0 Å². The van der Waals surface area contributed by atoms with Gasteiger partial charge in [0.1, 0.15) is 0 Å². The molecule has 1 aliphatic heterocycles. The molecule has 1 saturated heterocycles. The lowest BCUT2D eigenvalue weighted by atomic mass is 10.2. The molecule has 2 fully saturated rings. The minimum absolute atomic E-state index is 0.0485. The molecule has 1 aliphatic carbocycles. The molecule has 3 rings (SSSR count). The Kier molecular flexibility index (Phi) is 3.76. The molecule has 0 radical (unpaired) electrons. The fourth-order valence-corrected chi connectivity index (χ4v) is 2.91. The fourth-order valence-electron chi connectivity index (χ4n) is 2.91. The Morgan fingerprint density at radius 2 is 1.95 bits per heavy atom. The summed E-state index contributed by atoms with van der Waals surface area (Å²) in [7, 11) is 0. The van der Waals surface area contributed by atoms with Gasteiger partial charge in [0, 0.05) is 0 Å². The second kappa shape index (κ2) is 5.30. The molecule has 5 heteroatoms. The largest absolute Gasteiger partial charge is 0.376 e. The number of ether oxygens (including phenoxy) is 3. The topological polar surface area (TPSA) is 27.7 Å². The Hall–Kier alpha value is -1.04. The zero-order valence-corrected chi connectivity index (χ0v) is 12.2. The summed E-state index contributed by atoms with van der Waals surface area (Å²) in [5.41, 5.74) is 0.986. The Balaban J connectivity index is 1.50. The van der Waals surface area contributed by atoms with Gasteiger partial charge in [0.25, 0.3) is 5.92 Å². The standard InChI is InChI=1S/C16H20F2O3/c1-15(2)20-10-13(21-15)14-12(16(14,17)18)9-19-8-11-6-4-3-5-7-11/h3-7,12-14H,8-10H2,1-2H3. The molecule has 0 aromatic heterocycles. The Labute approximate surface area is 123 Å². The van der Waals surface area contributed by atoms with Gasteiger partial charge in [0.15, 0.2) is 5.79 Å². The molecule has 1 aromatic rings. The van der Waals surface area contributed by atoms with E-state index in [4.69, 9.17) is 14.2 Å². The molecule has 3 atom stereocenters. The predicted molar refractivity (Wildman–Crippen MR) is 72.9 cm³/mol. The molecular formula is C16H20F2O3. The fraction of sp³-hybridized carbons (Fsp3) is 0.625. The first kappa shape index (κ1) is 14.9. The van der Waals surface area contributed by atoms with Crippen molar-refractivity contribution in [3.05, 3.63) is 35.9 Å². The maximum absolute atomic E-state index is 13.9. The van der Waals surface area contributed by atoms with Gasteiger partial charge in [-0.3, -0.25) is 0 Å². The van der Waals surface area contributed by atoms with Crippen molar-refractivity contribution in [1.29, 1.82) is 0 Å². The zero-order valence-electron chi connectivity index (χ0n) is 12.2. The van der Waals surface area contributed by atoms with Crippen LogP contribution < -0.4 is 0 Å². The van der Waals surface area contributed by atoms with E-state index in [0.29, 0.717) is 6.61 Å². The van der Waals surface area contributed by atoms with Crippen LogP contribution in [-0.4, -0.2) is 31.0 Å². The van der Waals surface area contributed by atoms with E-state index >= 15 is 0 Å². The van der Waals surface area contributed by atoms with Crippen molar-refractivity contribution < 1.29 is 23.0 Å². The molecule has 0 amide bonds. The normalized spacial score (nSPS) is 33.0. The number of halogens is 2. The monoisotopic (exact) mass is 298 g/mol. The molecule has 116 valence electrons. The van der Waals surface area contributed by atoms with E-state index in [1.165, 1.54) is 0 Å². The maximum Gasteiger partial charge on any atom is 0.259 e. The van der Waals surface area contributed by atoms with Gasteiger partial charge in [-0.25, -0.2) is 8.78 Å². The van der Waals surface area contributed by atoms with Gasteiger partial charge < -0.3 is 14.2 Å². The molecule has 0 N–H and O–H groups in total.